The van der Waals surface area contributed by atoms with Gasteiger partial charge in [-0.3, -0.25) is 14.9 Å². The quantitative estimate of drug-likeness (QED) is 0.506. The van der Waals surface area contributed by atoms with Crippen molar-refractivity contribution in [3.8, 4) is 0 Å². The van der Waals surface area contributed by atoms with Gasteiger partial charge in [0.1, 0.15) is 0 Å². The van der Waals surface area contributed by atoms with E-state index in [9.17, 15) is 14.9 Å². The fourth-order valence-electron chi connectivity index (χ4n) is 2.51. The number of anilines is 1. The van der Waals surface area contributed by atoms with E-state index in [0.717, 1.165) is 30.6 Å². The van der Waals surface area contributed by atoms with Crippen LogP contribution in [0.4, 0.5) is 11.4 Å². The van der Waals surface area contributed by atoms with Crippen LogP contribution in [-0.2, 0) is 11.2 Å². The molecule has 0 saturated heterocycles. The number of non-ortho nitro benzene ring substituents is 1. The highest BCUT2D eigenvalue weighted by Crippen LogP contribution is 2.30. The minimum absolute atomic E-state index is 0.0910. The second kappa shape index (κ2) is 6.47. The summed E-state index contributed by atoms with van der Waals surface area (Å²) in [7, 11) is 1.88. The predicted octanol–water partition coefficient (Wildman–Crippen LogP) is 1.87. The van der Waals surface area contributed by atoms with Gasteiger partial charge >= 0.3 is 0 Å². The molecule has 1 amide bonds. The maximum absolute atomic E-state index is 12.2. The highest BCUT2D eigenvalue weighted by Gasteiger charge is 2.23. The Morgan fingerprint density at radius 2 is 2.20 bits per heavy atom. The summed E-state index contributed by atoms with van der Waals surface area (Å²) in [5.41, 5.74) is 1.82. The summed E-state index contributed by atoms with van der Waals surface area (Å²) < 4.78 is 0. The van der Waals surface area contributed by atoms with Crippen LogP contribution in [0.3, 0.4) is 0 Å². The number of carbonyl (C=O) groups excluding carboxylic acids is 1. The molecular formula is C14H19N3O3. The van der Waals surface area contributed by atoms with Gasteiger partial charge < -0.3 is 10.2 Å². The number of benzene rings is 1. The van der Waals surface area contributed by atoms with Crippen molar-refractivity contribution in [2.45, 2.75) is 25.7 Å². The Kier molecular flexibility index (Phi) is 4.68. The SMILES string of the molecule is CNCCCN1C(=O)CCCc2cc([N+](=O)[O-])ccc21. The van der Waals surface area contributed by atoms with Crippen molar-refractivity contribution in [1.82, 2.24) is 5.32 Å². The number of rotatable bonds is 5. The summed E-state index contributed by atoms with van der Waals surface area (Å²) in [6.45, 7) is 1.48. The van der Waals surface area contributed by atoms with Gasteiger partial charge in [0, 0.05) is 30.8 Å². The lowest BCUT2D eigenvalue weighted by atomic mass is 10.1. The molecule has 0 unspecified atom stereocenters. The highest BCUT2D eigenvalue weighted by atomic mass is 16.6. The fraction of sp³-hybridized carbons (Fsp3) is 0.500. The largest absolute Gasteiger partial charge is 0.320 e. The zero-order chi connectivity index (χ0) is 14.5. The third-order valence-electron chi connectivity index (χ3n) is 3.51. The molecule has 6 heteroatoms. The molecule has 1 heterocycles. The zero-order valence-corrected chi connectivity index (χ0v) is 11.6. The molecule has 0 radical (unpaired) electrons. The molecule has 1 aromatic rings. The lowest BCUT2D eigenvalue weighted by Crippen LogP contribution is -2.32. The van der Waals surface area contributed by atoms with Crippen LogP contribution in [0.5, 0.6) is 0 Å². The van der Waals surface area contributed by atoms with Gasteiger partial charge in [0.05, 0.1) is 4.92 Å². The number of amides is 1. The number of hydrogen-bond acceptors (Lipinski definition) is 4. The Morgan fingerprint density at radius 3 is 2.90 bits per heavy atom. The first kappa shape index (κ1) is 14.5. The van der Waals surface area contributed by atoms with Crippen LogP contribution in [-0.4, -0.2) is 31.0 Å². The van der Waals surface area contributed by atoms with E-state index in [1.807, 2.05) is 7.05 Å². The smallest absolute Gasteiger partial charge is 0.269 e. The molecule has 108 valence electrons. The molecule has 20 heavy (non-hydrogen) atoms. The Bertz CT molecular complexity index is 516. The number of nitrogens with zero attached hydrogens (tertiary/aromatic N) is 2. The fourth-order valence-corrected chi connectivity index (χ4v) is 2.51. The van der Waals surface area contributed by atoms with Crippen molar-refractivity contribution >= 4 is 17.3 Å². The predicted molar refractivity (Wildman–Crippen MR) is 76.9 cm³/mol. The molecule has 0 saturated carbocycles. The average molecular weight is 277 g/mol. The third-order valence-corrected chi connectivity index (χ3v) is 3.51. The van der Waals surface area contributed by atoms with Gasteiger partial charge in [-0.15, -0.1) is 0 Å². The van der Waals surface area contributed by atoms with E-state index in [1.165, 1.54) is 6.07 Å². The minimum atomic E-state index is -0.391. The van der Waals surface area contributed by atoms with E-state index >= 15 is 0 Å². The second-order valence-corrected chi connectivity index (χ2v) is 4.93. The van der Waals surface area contributed by atoms with E-state index in [2.05, 4.69) is 5.32 Å². The van der Waals surface area contributed by atoms with Gasteiger partial charge in [0.15, 0.2) is 0 Å². The first-order chi connectivity index (χ1) is 9.63. The summed E-state index contributed by atoms with van der Waals surface area (Å²) >= 11 is 0. The maximum atomic E-state index is 12.2. The van der Waals surface area contributed by atoms with Crippen LogP contribution in [0.1, 0.15) is 24.8 Å². The second-order valence-electron chi connectivity index (χ2n) is 4.93. The molecule has 2 rings (SSSR count). The first-order valence-electron chi connectivity index (χ1n) is 6.86. The van der Waals surface area contributed by atoms with E-state index in [4.69, 9.17) is 0 Å². The van der Waals surface area contributed by atoms with Gasteiger partial charge in [-0.1, -0.05) is 0 Å². The van der Waals surface area contributed by atoms with Gasteiger partial charge in [0.25, 0.3) is 5.69 Å². The number of hydrogen-bond donors (Lipinski definition) is 1. The third kappa shape index (κ3) is 3.14. The van der Waals surface area contributed by atoms with Crippen LogP contribution in [0.2, 0.25) is 0 Å². The topological polar surface area (TPSA) is 75.5 Å². The lowest BCUT2D eigenvalue weighted by molar-refractivity contribution is -0.384. The van der Waals surface area contributed by atoms with Crippen LogP contribution >= 0.6 is 0 Å². The van der Waals surface area contributed by atoms with Crippen LogP contribution < -0.4 is 10.2 Å². The molecule has 0 fully saturated rings. The Labute approximate surface area is 117 Å². The van der Waals surface area contributed by atoms with E-state index in [1.54, 1.807) is 17.0 Å². The van der Waals surface area contributed by atoms with Crippen molar-refractivity contribution in [2.24, 2.45) is 0 Å². The molecule has 0 spiro atoms. The maximum Gasteiger partial charge on any atom is 0.269 e. The monoisotopic (exact) mass is 277 g/mol. The number of nitro benzene ring substituents is 1. The zero-order valence-electron chi connectivity index (χ0n) is 11.6. The normalized spacial score (nSPS) is 14.8. The van der Waals surface area contributed by atoms with Gasteiger partial charge in [0.2, 0.25) is 5.91 Å². The van der Waals surface area contributed by atoms with E-state index in [-0.39, 0.29) is 11.6 Å². The number of fused-ring (bicyclic) bond motifs is 1. The molecule has 0 bridgehead atoms. The average Bonchev–Trinajstić information content (AvgIpc) is 2.58. The van der Waals surface area contributed by atoms with Gasteiger partial charge in [-0.05, 0) is 44.5 Å². The molecule has 1 aliphatic heterocycles. The Balaban J connectivity index is 2.29. The van der Waals surface area contributed by atoms with Gasteiger partial charge in [-0.25, -0.2) is 0 Å². The molecular weight excluding hydrogens is 258 g/mol. The van der Waals surface area contributed by atoms with Crippen molar-refractivity contribution in [1.29, 1.82) is 0 Å². The molecule has 1 aliphatic rings. The molecule has 1 aromatic carbocycles. The van der Waals surface area contributed by atoms with Crippen molar-refractivity contribution in [3.63, 3.8) is 0 Å². The number of carbonyl (C=O) groups is 1. The molecule has 1 N–H and O–H groups in total. The Morgan fingerprint density at radius 1 is 1.40 bits per heavy atom. The number of nitrogens with one attached hydrogen (secondary N) is 1. The summed E-state index contributed by atoms with van der Waals surface area (Å²) in [5, 5.41) is 13.9. The summed E-state index contributed by atoms with van der Waals surface area (Å²) in [6.07, 6.45) is 2.82. The highest BCUT2D eigenvalue weighted by molar-refractivity contribution is 5.95. The van der Waals surface area contributed by atoms with Crippen LogP contribution in [0.15, 0.2) is 18.2 Å². The van der Waals surface area contributed by atoms with Crippen molar-refractivity contribution in [2.75, 3.05) is 25.0 Å². The summed E-state index contributed by atoms with van der Waals surface area (Å²) in [5.74, 6) is 0.105. The van der Waals surface area contributed by atoms with Crippen LogP contribution in [0.25, 0.3) is 0 Å². The molecule has 0 aromatic heterocycles. The van der Waals surface area contributed by atoms with Crippen molar-refractivity contribution < 1.29 is 9.72 Å². The van der Waals surface area contributed by atoms with Crippen LogP contribution in [0, 0.1) is 10.1 Å². The summed E-state index contributed by atoms with van der Waals surface area (Å²) in [4.78, 5) is 24.4. The molecule has 6 nitrogen and oxygen atoms in total. The van der Waals surface area contributed by atoms with Gasteiger partial charge in [-0.2, -0.15) is 0 Å². The first-order valence-corrected chi connectivity index (χ1v) is 6.86. The standard InChI is InChI=1S/C14H19N3O3/c1-15-8-3-9-16-13-7-6-12(17(19)20)10-11(13)4-2-5-14(16)18/h6-7,10,15H,2-5,8-9H2,1H3. The number of nitro groups is 1. The molecule has 0 atom stereocenters. The lowest BCUT2D eigenvalue weighted by Gasteiger charge is -2.23. The minimum Gasteiger partial charge on any atom is -0.320 e. The summed E-state index contributed by atoms with van der Waals surface area (Å²) in [6, 6.07) is 4.78. The van der Waals surface area contributed by atoms with E-state index in [0.29, 0.717) is 19.4 Å². The molecule has 0 aliphatic carbocycles. The Hall–Kier alpha value is -1.95. The number of aryl methyl sites for hydroxylation is 1. The van der Waals surface area contributed by atoms with E-state index < -0.39 is 4.92 Å². The van der Waals surface area contributed by atoms with Crippen molar-refractivity contribution in [3.05, 3.63) is 33.9 Å².